The van der Waals surface area contributed by atoms with E-state index in [4.69, 9.17) is 5.73 Å². The van der Waals surface area contributed by atoms with Crippen molar-refractivity contribution in [3.63, 3.8) is 0 Å². The molecule has 0 bridgehead atoms. The highest BCUT2D eigenvalue weighted by Gasteiger charge is 2.26. The van der Waals surface area contributed by atoms with Gasteiger partial charge in [0.2, 0.25) is 0 Å². The standard InChI is InChI=1S/C10H11F3N2O2/c1-2-17-10(16)7-5(9(12)13)4-15-6(3-14)8(7)11/h4,9H,2-3,14H2,1H3. The van der Waals surface area contributed by atoms with Crippen LogP contribution in [0.1, 0.15) is 35.0 Å². The third-order valence-corrected chi connectivity index (χ3v) is 2.03. The molecule has 2 N–H and O–H groups in total. The molecule has 1 rings (SSSR count). The summed E-state index contributed by atoms with van der Waals surface area (Å²) >= 11 is 0. The maximum atomic E-state index is 13.7. The first-order chi connectivity index (χ1) is 8.02. The van der Waals surface area contributed by atoms with E-state index in [2.05, 4.69) is 9.72 Å². The van der Waals surface area contributed by atoms with Crippen LogP contribution in [0, 0.1) is 5.82 Å². The molecule has 1 aromatic rings. The third-order valence-electron chi connectivity index (χ3n) is 2.03. The molecule has 4 nitrogen and oxygen atoms in total. The fraction of sp³-hybridized carbons (Fsp3) is 0.400. The molecular formula is C10H11F3N2O2. The van der Waals surface area contributed by atoms with E-state index in [1.807, 2.05) is 0 Å². The van der Waals surface area contributed by atoms with Crippen molar-refractivity contribution in [2.24, 2.45) is 5.73 Å². The van der Waals surface area contributed by atoms with E-state index in [1.165, 1.54) is 6.92 Å². The van der Waals surface area contributed by atoms with E-state index >= 15 is 0 Å². The molecular weight excluding hydrogens is 237 g/mol. The van der Waals surface area contributed by atoms with Crippen molar-refractivity contribution in [2.45, 2.75) is 19.9 Å². The summed E-state index contributed by atoms with van der Waals surface area (Å²) in [5.41, 5.74) is 3.34. The van der Waals surface area contributed by atoms with Gasteiger partial charge in [-0.1, -0.05) is 0 Å². The second-order valence-corrected chi connectivity index (χ2v) is 3.07. The van der Waals surface area contributed by atoms with Crippen LogP contribution in [0.5, 0.6) is 0 Å². The van der Waals surface area contributed by atoms with Crippen LogP contribution in [0.15, 0.2) is 6.20 Å². The molecule has 1 heterocycles. The number of alkyl halides is 2. The zero-order chi connectivity index (χ0) is 13.0. The summed E-state index contributed by atoms with van der Waals surface area (Å²) in [4.78, 5) is 14.8. The first-order valence-electron chi connectivity index (χ1n) is 4.85. The van der Waals surface area contributed by atoms with Crippen LogP contribution >= 0.6 is 0 Å². The Hall–Kier alpha value is -1.63. The van der Waals surface area contributed by atoms with Crippen LogP contribution in [0.4, 0.5) is 13.2 Å². The summed E-state index contributed by atoms with van der Waals surface area (Å²) in [5.74, 6) is -2.29. The zero-order valence-corrected chi connectivity index (χ0v) is 9.04. The number of nitrogens with zero attached hydrogens (tertiary/aromatic N) is 1. The Morgan fingerprint density at radius 2 is 2.24 bits per heavy atom. The number of ether oxygens (including phenoxy) is 1. The number of carbonyl (C=O) groups excluding carboxylic acids is 1. The predicted molar refractivity (Wildman–Crippen MR) is 53.0 cm³/mol. The highest BCUT2D eigenvalue weighted by Crippen LogP contribution is 2.26. The van der Waals surface area contributed by atoms with E-state index < -0.39 is 29.3 Å². The summed E-state index contributed by atoms with van der Waals surface area (Å²) in [7, 11) is 0. The largest absolute Gasteiger partial charge is 0.462 e. The highest BCUT2D eigenvalue weighted by atomic mass is 19.3. The number of halogens is 3. The molecule has 0 aromatic carbocycles. The summed E-state index contributed by atoms with van der Waals surface area (Å²) in [6.07, 6.45) is -2.27. The van der Waals surface area contributed by atoms with Gasteiger partial charge < -0.3 is 10.5 Å². The molecule has 1 aromatic heterocycles. The minimum absolute atomic E-state index is 0.0404. The Kier molecular flexibility index (Phi) is 4.45. The summed E-state index contributed by atoms with van der Waals surface area (Å²) in [6, 6.07) is 0. The van der Waals surface area contributed by atoms with Crippen molar-refractivity contribution in [1.82, 2.24) is 4.98 Å². The normalized spacial score (nSPS) is 10.7. The van der Waals surface area contributed by atoms with Gasteiger partial charge in [-0.25, -0.2) is 18.0 Å². The molecule has 0 unspecified atom stereocenters. The summed E-state index contributed by atoms with van der Waals surface area (Å²) in [5, 5.41) is 0. The Bertz CT molecular complexity index is 424. The van der Waals surface area contributed by atoms with E-state index in [-0.39, 0.29) is 18.8 Å². The van der Waals surface area contributed by atoms with Gasteiger partial charge in [0.05, 0.1) is 17.9 Å². The fourth-order valence-electron chi connectivity index (χ4n) is 1.26. The molecule has 7 heteroatoms. The van der Waals surface area contributed by atoms with Crippen molar-refractivity contribution in [2.75, 3.05) is 6.61 Å². The molecule has 0 amide bonds. The second kappa shape index (κ2) is 5.62. The van der Waals surface area contributed by atoms with E-state index in [9.17, 15) is 18.0 Å². The van der Waals surface area contributed by atoms with Gasteiger partial charge in [-0.05, 0) is 6.92 Å². The van der Waals surface area contributed by atoms with Gasteiger partial charge in [-0.15, -0.1) is 0 Å². The maximum Gasteiger partial charge on any atom is 0.341 e. The van der Waals surface area contributed by atoms with E-state index in [0.29, 0.717) is 0 Å². The maximum absolute atomic E-state index is 13.7. The van der Waals surface area contributed by atoms with Crippen molar-refractivity contribution >= 4 is 5.97 Å². The molecule has 0 radical (unpaired) electrons. The first kappa shape index (κ1) is 13.4. The molecule has 0 aliphatic carbocycles. The number of hydrogen-bond donors (Lipinski definition) is 1. The lowest BCUT2D eigenvalue weighted by Gasteiger charge is -2.10. The zero-order valence-electron chi connectivity index (χ0n) is 9.04. The van der Waals surface area contributed by atoms with Gasteiger partial charge in [-0.3, -0.25) is 4.98 Å². The minimum Gasteiger partial charge on any atom is -0.462 e. The lowest BCUT2D eigenvalue weighted by molar-refractivity contribution is 0.0508. The van der Waals surface area contributed by atoms with Gasteiger partial charge in [0.25, 0.3) is 6.43 Å². The predicted octanol–water partition coefficient (Wildman–Crippen LogP) is 1.79. The van der Waals surface area contributed by atoms with Gasteiger partial charge >= 0.3 is 5.97 Å². The molecule has 0 atom stereocenters. The SMILES string of the molecule is CCOC(=O)c1c(C(F)F)cnc(CN)c1F. The lowest BCUT2D eigenvalue weighted by Crippen LogP contribution is -2.15. The van der Waals surface area contributed by atoms with Crippen molar-refractivity contribution < 1.29 is 22.7 Å². The molecule has 17 heavy (non-hydrogen) atoms. The van der Waals surface area contributed by atoms with Gasteiger partial charge in [0.15, 0.2) is 5.82 Å². The molecule has 0 saturated carbocycles. The Balaban J connectivity index is 3.34. The third kappa shape index (κ3) is 2.73. The van der Waals surface area contributed by atoms with Crippen LogP contribution in [-0.2, 0) is 11.3 Å². The summed E-state index contributed by atoms with van der Waals surface area (Å²) < 4.78 is 43.4. The van der Waals surface area contributed by atoms with Gasteiger partial charge in [-0.2, -0.15) is 0 Å². The van der Waals surface area contributed by atoms with Gasteiger partial charge in [0, 0.05) is 12.7 Å². The summed E-state index contributed by atoms with van der Waals surface area (Å²) in [6.45, 7) is 1.16. The first-order valence-corrected chi connectivity index (χ1v) is 4.85. The number of nitrogens with two attached hydrogens (primary N) is 1. The Morgan fingerprint density at radius 3 is 2.71 bits per heavy atom. The Morgan fingerprint density at radius 1 is 1.59 bits per heavy atom. The van der Waals surface area contributed by atoms with Crippen LogP contribution < -0.4 is 5.73 Å². The van der Waals surface area contributed by atoms with Crippen LogP contribution in [-0.4, -0.2) is 17.6 Å². The molecule has 0 spiro atoms. The van der Waals surface area contributed by atoms with Crippen molar-refractivity contribution in [3.05, 3.63) is 28.8 Å². The molecule has 0 aliphatic heterocycles. The number of pyridine rings is 1. The Labute approximate surface area is 95.6 Å². The molecule has 0 saturated heterocycles. The van der Waals surface area contributed by atoms with E-state index in [1.54, 1.807) is 0 Å². The minimum atomic E-state index is -3.01. The second-order valence-electron chi connectivity index (χ2n) is 3.07. The number of esters is 1. The quantitative estimate of drug-likeness (QED) is 0.825. The lowest BCUT2D eigenvalue weighted by atomic mass is 10.1. The van der Waals surface area contributed by atoms with Crippen molar-refractivity contribution in [1.29, 1.82) is 0 Å². The van der Waals surface area contributed by atoms with Crippen LogP contribution in [0.25, 0.3) is 0 Å². The highest BCUT2D eigenvalue weighted by molar-refractivity contribution is 5.91. The van der Waals surface area contributed by atoms with Crippen molar-refractivity contribution in [3.8, 4) is 0 Å². The van der Waals surface area contributed by atoms with Crippen LogP contribution in [0.3, 0.4) is 0 Å². The molecule has 0 aliphatic rings. The average Bonchev–Trinajstić information content (AvgIpc) is 2.28. The number of rotatable bonds is 4. The molecule has 0 fully saturated rings. The van der Waals surface area contributed by atoms with Gasteiger partial charge in [0.1, 0.15) is 5.56 Å². The molecule has 94 valence electrons. The number of aromatic nitrogens is 1. The van der Waals surface area contributed by atoms with Crippen LogP contribution in [0.2, 0.25) is 0 Å². The smallest absolute Gasteiger partial charge is 0.341 e. The number of carbonyl (C=O) groups is 1. The van der Waals surface area contributed by atoms with E-state index in [0.717, 1.165) is 6.20 Å². The average molecular weight is 248 g/mol. The fourth-order valence-corrected chi connectivity index (χ4v) is 1.26. The number of hydrogen-bond acceptors (Lipinski definition) is 4. The topological polar surface area (TPSA) is 65.2 Å². The monoisotopic (exact) mass is 248 g/mol.